The SMILES string of the molecule is CC(=O)N[C@@H]1CN(c2ccc3c(ccc(=O)n3CO)c2)C(C)(C=O)O1. The van der Waals surface area contributed by atoms with Crippen molar-refractivity contribution in [1.29, 1.82) is 0 Å². The number of anilines is 1. The lowest BCUT2D eigenvalue weighted by Gasteiger charge is -2.30. The Hall–Kier alpha value is -2.71. The molecule has 1 aromatic heterocycles. The van der Waals surface area contributed by atoms with Crippen LogP contribution in [0.4, 0.5) is 5.69 Å². The maximum absolute atomic E-state index is 11.8. The van der Waals surface area contributed by atoms with E-state index in [1.165, 1.54) is 17.6 Å². The van der Waals surface area contributed by atoms with Crippen LogP contribution >= 0.6 is 0 Å². The molecule has 8 nitrogen and oxygen atoms in total. The molecule has 1 amide bonds. The van der Waals surface area contributed by atoms with E-state index in [1.54, 1.807) is 30.0 Å². The highest BCUT2D eigenvalue weighted by molar-refractivity contribution is 5.84. The minimum atomic E-state index is -1.22. The Morgan fingerprint density at radius 1 is 1.44 bits per heavy atom. The van der Waals surface area contributed by atoms with Gasteiger partial charge in [0, 0.05) is 24.1 Å². The highest BCUT2D eigenvalue weighted by Gasteiger charge is 2.43. The molecule has 1 fully saturated rings. The van der Waals surface area contributed by atoms with Gasteiger partial charge in [0.25, 0.3) is 5.56 Å². The number of carbonyl (C=O) groups is 2. The van der Waals surface area contributed by atoms with Gasteiger partial charge in [-0.25, -0.2) is 0 Å². The molecule has 132 valence electrons. The van der Waals surface area contributed by atoms with Gasteiger partial charge in [-0.15, -0.1) is 0 Å². The first kappa shape index (κ1) is 17.1. The summed E-state index contributed by atoms with van der Waals surface area (Å²) >= 11 is 0. The Kier molecular flexibility index (Phi) is 4.32. The number of nitrogens with zero attached hydrogens (tertiary/aromatic N) is 2. The van der Waals surface area contributed by atoms with Gasteiger partial charge in [0.15, 0.2) is 18.2 Å². The number of carbonyl (C=O) groups excluding carboxylic acids is 2. The van der Waals surface area contributed by atoms with Gasteiger partial charge in [-0.3, -0.25) is 19.0 Å². The summed E-state index contributed by atoms with van der Waals surface area (Å²) in [7, 11) is 0. The molecule has 1 unspecified atom stereocenters. The molecule has 0 bridgehead atoms. The Labute approximate surface area is 143 Å². The van der Waals surface area contributed by atoms with Crippen LogP contribution in [0, 0.1) is 0 Å². The van der Waals surface area contributed by atoms with Crippen LogP contribution in [0.25, 0.3) is 10.9 Å². The van der Waals surface area contributed by atoms with Crippen molar-refractivity contribution < 1.29 is 19.4 Å². The molecular weight excluding hydrogens is 326 g/mol. The third-order valence-corrected chi connectivity index (χ3v) is 4.27. The van der Waals surface area contributed by atoms with E-state index in [9.17, 15) is 19.5 Å². The van der Waals surface area contributed by atoms with E-state index in [1.807, 2.05) is 6.07 Å². The van der Waals surface area contributed by atoms with Crippen LogP contribution in [0.15, 0.2) is 35.1 Å². The molecule has 0 aliphatic carbocycles. The lowest BCUT2D eigenvalue weighted by molar-refractivity contribution is -0.133. The van der Waals surface area contributed by atoms with Crippen molar-refractivity contribution in [2.45, 2.75) is 32.5 Å². The average molecular weight is 345 g/mol. The second kappa shape index (κ2) is 6.30. The maximum atomic E-state index is 11.8. The van der Waals surface area contributed by atoms with E-state index in [2.05, 4.69) is 5.32 Å². The standard InChI is InChI=1S/C17H19N3O5/c1-11(23)18-15-8-20(17(2,9-21)25-15)13-4-5-14-12(7-13)3-6-16(24)19(14)10-22/h3-7,9,15,22H,8,10H2,1-2H3,(H,18,23)/t15-,17?/m0/s1. The number of aldehydes is 1. The van der Waals surface area contributed by atoms with Crippen LogP contribution in [0.5, 0.6) is 0 Å². The van der Waals surface area contributed by atoms with Crippen molar-refractivity contribution in [1.82, 2.24) is 9.88 Å². The van der Waals surface area contributed by atoms with E-state index in [4.69, 9.17) is 4.74 Å². The molecule has 2 N–H and O–H groups in total. The van der Waals surface area contributed by atoms with Crippen molar-refractivity contribution in [2.24, 2.45) is 0 Å². The molecule has 0 radical (unpaired) electrons. The Bertz CT molecular complexity index is 893. The monoisotopic (exact) mass is 345 g/mol. The molecule has 0 saturated carbocycles. The first-order chi connectivity index (χ1) is 11.9. The van der Waals surface area contributed by atoms with Gasteiger partial charge in [0.2, 0.25) is 5.91 Å². The van der Waals surface area contributed by atoms with E-state index < -0.39 is 18.7 Å². The average Bonchev–Trinajstić information content (AvgIpc) is 2.90. The second-order valence-electron chi connectivity index (χ2n) is 6.07. The summed E-state index contributed by atoms with van der Waals surface area (Å²) in [6.45, 7) is 2.90. The Morgan fingerprint density at radius 2 is 2.20 bits per heavy atom. The van der Waals surface area contributed by atoms with Crippen LogP contribution in [0.1, 0.15) is 13.8 Å². The maximum Gasteiger partial charge on any atom is 0.252 e. The van der Waals surface area contributed by atoms with E-state index in [0.717, 1.165) is 5.39 Å². The number of aromatic nitrogens is 1. The Morgan fingerprint density at radius 3 is 2.84 bits per heavy atom. The Balaban J connectivity index is 2.02. The second-order valence-corrected chi connectivity index (χ2v) is 6.07. The number of fused-ring (bicyclic) bond motifs is 1. The molecule has 2 atom stereocenters. The van der Waals surface area contributed by atoms with Crippen molar-refractivity contribution >= 4 is 28.8 Å². The third-order valence-electron chi connectivity index (χ3n) is 4.27. The fourth-order valence-corrected chi connectivity index (χ4v) is 3.10. The number of hydrogen-bond donors (Lipinski definition) is 2. The molecular formula is C17H19N3O5. The first-order valence-corrected chi connectivity index (χ1v) is 7.81. The van der Waals surface area contributed by atoms with Crippen LogP contribution in [0.2, 0.25) is 0 Å². The van der Waals surface area contributed by atoms with Crippen LogP contribution in [-0.2, 0) is 21.1 Å². The lowest BCUT2D eigenvalue weighted by Crippen LogP contribution is -2.43. The summed E-state index contributed by atoms with van der Waals surface area (Å²) in [5.74, 6) is -0.245. The van der Waals surface area contributed by atoms with E-state index in [0.29, 0.717) is 24.0 Å². The molecule has 2 aromatic rings. The number of rotatable bonds is 4. The van der Waals surface area contributed by atoms with Gasteiger partial charge in [0.1, 0.15) is 6.73 Å². The molecule has 3 rings (SSSR count). The zero-order chi connectivity index (χ0) is 18.2. The minimum absolute atomic E-state index is 0.245. The molecule has 0 spiro atoms. The molecule has 25 heavy (non-hydrogen) atoms. The fourth-order valence-electron chi connectivity index (χ4n) is 3.10. The van der Waals surface area contributed by atoms with Crippen LogP contribution in [-0.4, -0.2) is 40.4 Å². The topological polar surface area (TPSA) is 101 Å². The smallest absolute Gasteiger partial charge is 0.252 e. The molecule has 1 saturated heterocycles. The van der Waals surface area contributed by atoms with Crippen LogP contribution < -0.4 is 15.8 Å². The summed E-state index contributed by atoms with van der Waals surface area (Å²) in [6.07, 6.45) is 0.0861. The highest BCUT2D eigenvalue weighted by atomic mass is 16.6. The molecule has 2 heterocycles. The number of pyridine rings is 1. The molecule has 8 heteroatoms. The normalized spacial score (nSPS) is 23.0. The molecule has 1 aromatic carbocycles. The van der Waals surface area contributed by atoms with E-state index >= 15 is 0 Å². The quantitative estimate of drug-likeness (QED) is 0.766. The first-order valence-electron chi connectivity index (χ1n) is 7.81. The predicted octanol–water partition coefficient (Wildman–Crippen LogP) is 0.165. The van der Waals surface area contributed by atoms with Gasteiger partial charge in [0.05, 0.1) is 12.1 Å². The predicted molar refractivity (Wildman–Crippen MR) is 90.9 cm³/mol. The highest BCUT2D eigenvalue weighted by Crippen LogP contribution is 2.32. The van der Waals surface area contributed by atoms with Gasteiger partial charge >= 0.3 is 0 Å². The van der Waals surface area contributed by atoms with Gasteiger partial charge in [-0.1, -0.05) is 0 Å². The minimum Gasteiger partial charge on any atom is -0.376 e. The van der Waals surface area contributed by atoms with E-state index in [-0.39, 0.29) is 11.5 Å². The molecule has 1 aliphatic heterocycles. The summed E-state index contributed by atoms with van der Waals surface area (Å²) in [5.41, 5.74) is -0.217. The zero-order valence-corrected chi connectivity index (χ0v) is 13.9. The van der Waals surface area contributed by atoms with Gasteiger partial charge in [-0.2, -0.15) is 0 Å². The zero-order valence-electron chi connectivity index (χ0n) is 13.9. The number of nitrogens with one attached hydrogen (secondary N) is 1. The van der Waals surface area contributed by atoms with Crippen molar-refractivity contribution in [2.75, 3.05) is 11.4 Å². The molecule has 1 aliphatic rings. The third kappa shape index (κ3) is 3.01. The lowest BCUT2D eigenvalue weighted by atomic mass is 10.1. The summed E-state index contributed by atoms with van der Waals surface area (Å²) in [5, 5.41) is 12.8. The largest absolute Gasteiger partial charge is 0.376 e. The summed E-state index contributed by atoms with van der Waals surface area (Å²) in [4.78, 5) is 36.4. The van der Waals surface area contributed by atoms with Crippen molar-refractivity contribution in [3.8, 4) is 0 Å². The fraction of sp³-hybridized carbons (Fsp3) is 0.353. The summed E-state index contributed by atoms with van der Waals surface area (Å²) in [6, 6.07) is 8.30. The summed E-state index contributed by atoms with van der Waals surface area (Å²) < 4.78 is 6.93. The number of hydrogen-bond acceptors (Lipinski definition) is 6. The number of aliphatic hydroxyl groups is 1. The van der Waals surface area contributed by atoms with Crippen molar-refractivity contribution in [3.05, 3.63) is 40.7 Å². The van der Waals surface area contributed by atoms with Gasteiger partial charge in [-0.05, 0) is 31.2 Å². The number of amides is 1. The number of benzene rings is 1. The number of aliphatic hydroxyl groups excluding tert-OH is 1. The van der Waals surface area contributed by atoms with Crippen molar-refractivity contribution in [3.63, 3.8) is 0 Å². The number of ether oxygens (including phenoxy) is 1. The van der Waals surface area contributed by atoms with Crippen LogP contribution in [0.3, 0.4) is 0 Å². The van der Waals surface area contributed by atoms with Gasteiger partial charge < -0.3 is 20.1 Å².